The Balaban J connectivity index is 2.72. The van der Waals surface area contributed by atoms with Gasteiger partial charge in [0.05, 0.1) is 7.11 Å². The maximum absolute atomic E-state index is 13.6. The molecule has 1 aromatic rings. The molecular formula is C12H16FNO3. The van der Waals surface area contributed by atoms with Crippen LogP contribution in [0.2, 0.25) is 0 Å². The quantitative estimate of drug-likeness (QED) is 0.796. The average molecular weight is 241 g/mol. The minimum atomic E-state index is -0.544. The zero-order valence-electron chi connectivity index (χ0n) is 10.1. The maximum Gasteiger partial charge on any atom is 0.343 e. The summed E-state index contributed by atoms with van der Waals surface area (Å²) in [5, 5.41) is 3.01. The minimum absolute atomic E-state index is 0.0439. The Morgan fingerprint density at radius 2 is 2.24 bits per heavy atom. The first-order valence-corrected chi connectivity index (χ1v) is 5.24. The second-order valence-electron chi connectivity index (χ2n) is 3.57. The van der Waals surface area contributed by atoms with Gasteiger partial charge in [0.25, 0.3) is 0 Å². The third-order valence-corrected chi connectivity index (χ3v) is 2.46. The van der Waals surface area contributed by atoms with Crippen molar-refractivity contribution in [3.8, 4) is 5.75 Å². The van der Waals surface area contributed by atoms with Gasteiger partial charge in [-0.1, -0.05) is 6.07 Å². The van der Waals surface area contributed by atoms with Gasteiger partial charge in [0, 0.05) is 6.04 Å². The lowest BCUT2D eigenvalue weighted by Crippen LogP contribution is -2.14. The predicted molar refractivity (Wildman–Crippen MR) is 61.4 cm³/mol. The summed E-state index contributed by atoms with van der Waals surface area (Å²) in [6.07, 6.45) is 0. The van der Waals surface area contributed by atoms with Gasteiger partial charge in [0.15, 0.2) is 18.2 Å². The molecular weight excluding hydrogens is 225 g/mol. The average Bonchev–Trinajstić information content (AvgIpc) is 2.35. The number of hydrogen-bond acceptors (Lipinski definition) is 4. The van der Waals surface area contributed by atoms with Gasteiger partial charge in [-0.15, -0.1) is 0 Å². The van der Waals surface area contributed by atoms with E-state index in [0.717, 1.165) is 5.56 Å². The second kappa shape index (κ2) is 6.20. The van der Waals surface area contributed by atoms with Gasteiger partial charge in [-0.2, -0.15) is 0 Å². The van der Waals surface area contributed by atoms with Crippen LogP contribution in [0.1, 0.15) is 18.5 Å². The topological polar surface area (TPSA) is 47.6 Å². The molecule has 0 bridgehead atoms. The number of halogens is 1. The zero-order valence-corrected chi connectivity index (χ0v) is 10.1. The highest BCUT2D eigenvalue weighted by atomic mass is 19.1. The monoisotopic (exact) mass is 241 g/mol. The van der Waals surface area contributed by atoms with Crippen molar-refractivity contribution in [3.05, 3.63) is 29.6 Å². The van der Waals surface area contributed by atoms with Crippen LogP contribution in [0, 0.1) is 5.82 Å². The van der Waals surface area contributed by atoms with Crippen molar-refractivity contribution in [3.63, 3.8) is 0 Å². The summed E-state index contributed by atoms with van der Waals surface area (Å²) in [5.74, 6) is -0.993. The van der Waals surface area contributed by atoms with Crippen molar-refractivity contribution in [2.45, 2.75) is 13.0 Å². The Labute approximate surface area is 99.7 Å². The lowest BCUT2D eigenvalue weighted by atomic mass is 10.1. The molecule has 17 heavy (non-hydrogen) atoms. The van der Waals surface area contributed by atoms with E-state index in [1.165, 1.54) is 19.2 Å². The molecule has 5 heteroatoms. The highest BCUT2D eigenvalue weighted by molar-refractivity contribution is 5.70. The van der Waals surface area contributed by atoms with Gasteiger partial charge in [0.1, 0.15) is 0 Å². The molecule has 0 fully saturated rings. The predicted octanol–water partition coefficient (Wildman–Crippen LogP) is 1.66. The molecule has 0 amide bonds. The third kappa shape index (κ3) is 3.71. The molecule has 0 aliphatic heterocycles. The molecule has 1 aromatic carbocycles. The summed E-state index contributed by atoms with van der Waals surface area (Å²) >= 11 is 0. The Hall–Kier alpha value is -1.62. The number of ether oxygens (including phenoxy) is 2. The van der Waals surface area contributed by atoms with Crippen LogP contribution in [-0.4, -0.2) is 26.7 Å². The number of carbonyl (C=O) groups is 1. The van der Waals surface area contributed by atoms with Crippen molar-refractivity contribution in [1.29, 1.82) is 0 Å². The lowest BCUT2D eigenvalue weighted by molar-refractivity contribution is -0.142. The number of esters is 1. The van der Waals surface area contributed by atoms with Crippen LogP contribution in [0.25, 0.3) is 0 Å². The molecule has 1 rings (SSSR count). The van der Waals surface area contributed by atoms with E-state index in [1.54, 1.807) is 13.1 Å². The molecule has 0 heterocycles. The van der Waals surface area contributed by atoms with Crippen molar-refractivity contribution >= 4 is 5.97 Å². The van der Waals surface area contributed by atoms with Gasteiger partial charge < -0.3 is 14.8 Å². The minimum Gasteiger partial charge on any atom is -0.479 e. The van der Waals surface area contributed by atoms with Gasteiger partial charge in [0.2, 0.25) is 0 Å². The van der Waals surface area contributed by atoms with Crippen LogP contribution >= 0.6 is 0 Å². The number of carbonyl (C=O) groups excluding carboxylic acids is 1. The molecule has 0 aliphatic carbocycles. The lowest BCUT2D eigenvalue weighted by Gasteiger charge is -2.12. The second-order valence-corrected chi connectivity index (χ2v) is 3.57. The number of benzene rings is 1. The standard InChI is InChI=1S/C12H16FNO3/c1-8(14-2)9-4-5-11(10(13)6-9)17-7-12(15)16-3/h4-6,8,14H,7H2,1-3H3. The van der Waals surface area contributed by atoms with Crippen molar-refractivity contribution in [2.75, 3.05) is 20.8 Å². The number of methoxy groups -OCH3 is 1. The van der Waals surface area contributed by atoms with E-state index in [0.29, 0.717) is 0 Å². The van der Waals surface area contributed by atoms with Gasteiger partial charge in [-0.3, -0.25) is 0 Å². The summed E-state index contributed by atoms with van der Waals surface area (Å²) in [6, 6.07) is 4.69. The molecule has 0 saturated carbocycles. The van der Waals surface area contributed by atoms with Gasteiger partial charge in [-0.05, 0) is 31.7 Å². The fourth-order valence-electron chi connectivity index (χ4n) is 1.27. The first-order chi connectivity index (χ1) is 8.08. The number of hydrogen-bond donors (Lipinski definition) is 1. The van der Waals surface area contributed by atoms with Crippen LogP contribution in [0.3, 0.4) is 0 Å². The van der Waals surface area contributed by atoms with Crippen LogP contribution in [0.15, 0.2) is 18.2 Å². The molecule has 4 nitrogen and oxygen atoms in total. The molecule has 1 N–H and O–H groups in total. The van der Waals surface area contributed by atoms with Crippen LogP contribution in [-0.2, 0) is 9.53 Å². The van der Waals surface area contributed by atoms with Crippen molar-refractivity contribution < 1.29 is 18.7 Å². The van der Waals surface area contributed by atoms with E-state index in [1.807, 2.05) is 6.92 Å². The summed E-state index contributed by atoms with van der Waals surface area (Å²) in [5.41, 5.74) is 0.815. The highest BCUT2D eigenvalue weighted by Crippen LogP contribution is 2.21. The van der Waals surface area contributed by atoms with Crippen molar-refractivity contribution in [1.82, 2.24) is 5.32 Å². The smallest absolute Gasteiger partial charge is 0.343 e. The van der Waals surface area contributed by atoms with Crippen LogP contribution in [0.4, 0.5) is 4.39 Å². The van der Waals surface area contributed by atoms with E-state index < -0.39 is 11.8 Å². The molecule has 0 spiro atoms. The summed E-state index contributed by atoms with van der Waals surface area (Å²) in [6.45, 7) is 1.62. The van der Waals surface area contributed by atoms with Crippen molar-refractivity contribution in [2.24, 2.45) is 0 Å². The summed E-state index contributed by atoms with van der Waals surface area (Å²) in [7, 11) is 3.05. The largest absolute Gasteiger partial charge is 0.479 e. The number of rotatable bonds is 5. The molecule has 1 atom stereocenters. The van der Waals surface area contributed by atoms with E-state index in [2.05, 4.69) is 10.1 Å². The van der Waals surface area contributed by atoms with Crippen LogP contribution < -0.4 is 10.1 Å². The van der Waals surface area contributed by atoms with E-state index in [4.69, 9.17) is 4.74 Å². The maximum atomic E-state index is 13.6. The molecule has 1 unspecified atom stereocenters. The SMILES string of the molecule is CNC(C)c1ccc(OCC(=O)OC)c(F)c1. The Bertz CT molecular complexity index is 395. The zero-order chi connectivity index (χ0) is 12.8. The van der Waals surface area contributed by atoms with Gasteiger partial charge >= 0.3 is 5.97 Å². The Morgan fingerprint density at radius 3 is 2.76 bits per heavy atom. The molecule has 94 valence electrons. The molecule has 0 aliphatic rings. The fourth-order valence-corrected chi connectivity index (χ4v) is 1.27. The van der Waals surface area contributed by atoms with Gasteiger partial charge in [-0.25, -0.2) is 9.18 Å². The summed E-state index contributed by atoms with van der Waals surface area (Å²) in [4.78, 5) is 10.8. The highest BCUT2D eigenvalue weighted by Gasteiger charge is 2.10. The normalized spacial score (nSPS) is 12.0. The Morgan fingerprint density at radius 1 is 1.53 bits per heavy atom. The molecule has 0 saturated heterocycles. The molecule has 0 aromatic heterocycles. The van der Waals surface area contributed by atoms with E-state index in [-0.39, 0.29) is 18.4 Å². The van der Waals surface area contributed by atoms with E-state index >= 15 is 0 Å². The first-order valence-electron chi connectivity index (χ1n) is 5.24. The number of nitrogens with one attached hydrogen (secondary N) is 1. The first kappa shape index (κ1) is 13.4. The molecule has 0 radical (unpaired) electrons. The fraction of sp³-hybridized carbons (Fsp3) is 0.417. The van der Waals surface area contributed by atoms with E-state index in [9.17, 15) is 9.18 Å². The Kier molecular flexibility index (Phi) is 4.90. The third-order valence-electron chi connectivity index (χ3n) is 2.46. The van der Waals surface area contributed by atoms with Crippen LogP contribution in [0.5, 0.6) is 5.75 Å². The summed E-state index contributed by atoms with van der Waals surface area (Å²) < 4.78 is 23.0.